The second kappa shape index (κ2) is 6.68. The number of pyridine rings is 2. The highest BCUT2D eigenvalue weighted by Gasteiger charge is 2.26. The lowest BCUT2D eigenvalue weighted by Gasteiger charge is -2.27. The largest absolute Gasteiger partial charge is 0.331 e. The number of carbonyl (C=O) groups is 1. The smallest absolute Gasteiger partial charge is 0.272 e. The highest BCUT2D eigenvalue weighted by Crippen LogP contribution is 2.19. The Morgan fingerprint density at radius 1 is 1.19 bits per heavy atom. The van der Waals surface area contributed by atoms with Crippen LogP contribution in [-0.4, -0.2) is 37.3 Å². The Labute approximate surface area is 153 Å². The molecule has 7 nitrogen and oxygen atoms in total. The Balaban J connectivity index is 1.65. The number of aromatic amines is 1. The minimum absolute atomic E-state index is 0.188. The van der Waals surface area contributed by atoms with Gasteiger partial charge in [-0.15, -0.1) is 0 Å². The minimum atomic E-state index is -0.214. The Morgan fingerprint density at radius 3 is 2.81 bits per heavy atom. The molecule has 0 spiro atoms. The molecule has 26 heavy (non-hydrogen) atoms. The Kier molecular flexibility index (Phi) is 4.22. The van der Waals surface area contributed by atoms with E-state index in [1.165, 1.54) is 6.20 Å². The van der Waals surface area contributed by atoms with Crippen molar-refractivity contribution in [3.8, 4) is 11.5 Å². The zero-order valence-corrected chi connectivity index (χ0v) is 14.4. The van der Waals surface area contributed by atoms with Crippen molar-refractivity contribution >= 4 is 17.5 Å². The van der Waals surface area contributed by atoms with Gasteiger partial charge in [0.1, 0.15) is 11.4 Å². The number of nitrogens with one attached hydrogen (secondary N) is 1. The summed E-state index contributed by atoms with van der Waals surface area (Å²) in [6.07, 6.45) is 3.52. The van der Waals surface area contributed by atoms with Crippen molar-refractivity contribution < 1.29 is 4.79 Å². The van der Waals surface area contributed by atoms with E-state index in [1.807, 2.05) is 6.07 Å². The van der Waals surface area contributed by atoms with Gasteiger partial charge in [-0.2, -0.15) is 0 Å². The van der Waals surface area contributed by atoms with Gasteiger partial charge in [-0.25, -0.2) is 9.97 Å². The van der Waals surface area contributed by atoms with Crippen LogP contribution >= 0.6 is 11.6 Å². The van der Waals surface area contributed by atoms with Crippen LogP contribution in [0.15, 0.2) is 47.5 Å². The first-order chi connectivity index (χ1) is 12.6. The maximum atomic E-state index is 12.7. The van der Waals surface area contributed by atoms with E-state index in [-0.39, 0.29) is 18.0 Å². The summed E-state index contributed by atoms with van der Waals surface area (Å²) < 4.78 is 0. The summed E-state index contributed by atoms with van der Waals surface area (Å²) in [7, 11) is 0. The van der Waals surface area contributed by atoms with E-state index >= 15 is 0 Å². The molecule has 8 heteroatoms. The zero-order chi connectivity index (χ0) is 18.1. The van der Waals surface area contributed by atoms with E-state index < -0.39 is 0 Å². The van der Waals surface area contributed by atoms with Gasteiger partial charge >= 0.3 is 0 Å². The van der Waals surface area contributed by atoms with Crippen molar-refractivity contribution in [2.45, 2.75) is 13.0 Å². The monoisotopic (exact) mass is 367 g/mol. The lowest BCUT2D eigenvalue weighted by Crippen LogP contribution is -2.39. The molecule has 0 atom stereocenters. The fourth-order valence-electron chi connectivity index (χ4n) is 2.90. The molecule has 0 fully saturated rings. The Morgan fingerprint density at radius 2 is 2.08 bits per heavy atom. The number of hydrogen-bond donors (Lipinski definition) is 1. The Hall–Kier alpha value is -3.06. The first-order valence-electron chi connectivity index (χ1n) is 8.06. The van der Waals surface area contributed by atoms with Crippen LogP contribution in [0.3, 0.4) is 0 Å². The van der Waals surface area contributed by atoms with Crippen LogP contribution in [0, 0.1) is 0 Å². The fraction of sp³-hybridized carbons (Fsp3) is 0.167. The molecule has 0 unspecified atom stereocenters. The molecule has 0 saturated carbocycles. The van der Waals surface area contributed by atoms with Crippen molar-refractivity contribution in [2.75, 3.05) is 6.54 Å². The lowest BCUT2D eigenvalue weighted by atomic mass is 10.1. The summed E-state index contributed by atoms with van der Waals surface area (Å²) in [5.74, 6) is 0.182. The van der Waals surface area contributed by atoms with E-state index in [0.29, 0.717) is 46.5 Å². The van der Waals surface area contributed by atoms with Gasteiger partial charge in [0.05, 0.1) is 17.3 Å². The predicted molar refractivity (Wildman–Crippen MR) is 95.8 cm³/mol. The van der Waals surface area contributed by atoms with Crippen LogP contribution in [0.25, 0.3) is 11.5 Å². The summed E-state index contributed by atoms with van der Waals surface area (Å²) in [6, 6.07) is 8.60. The molecule has 1 N–H and O–H groups in total. The molecule has 4 heterocycles. The number of halogens is 1. The number of amides is 1. The predicted octanol–water partition coefficient (Wildman–Crippen LogP) is 2.08. The summed E-state index contributed by atoms with van der Waals surface area (Å²) >= 11 is 5.82. The number of carbonyl (C=O) groups excluding carboxylic acids is 1. The average Bonchev–Trinajstić information content (AvgIpc) is 2.68. The molecule has 130 valence electrons. The van der Waals surface area contributed by atoms with Crippen molar-refractivity contribution in [1.82, 2.24) is 24.8 Å². The fourth-order valence-corrected chi connectivity index (χ4v) is 3.01. The van der Waals surface area contributed by atoms with Crippen LogP contribution in [-0.2, 0) is 13.0 Å². The maximum absolute atomic E-state index is 12.7. The summed E-state index contributed by atoms with van der Waals surface area (Å²) in [5.41, 5.74) is 1.90. The number of aromatic nitrogens is 4. The molecule has 0 radical (unpaired) electrons. The molecule has 0 aliphatic carbocycles. The van der Waals surface area contributed by atoms with Gasteiger partial charge in [-0.3, -0.25) is 14.6 Å². The van der Waals surface area contributed by atoms with Crippen LogP contribution in [0.4, 0.5) is 0 Å². The van der Waals surface area contributed by atoms with Gasteiger partial charge in [-0.05, 0) is 30.7 Å². The SMILES string of the molecule is O=C(c1ccc(Cl)cn1)N1CCc2c(nc(-c3ccccn3)[nH]c2=O)C1. The maximum Gasteiger partial charge on any atom is 0.272 e. The van der Waals surface area contributed by atoms with Gasteiger partial charge in [-0.1, -0.05) is 17.7 Å². The number of nitrogens with zero attached hydrogens (tertiary/aromatic N) is 4. The quantitative estimate of drug-likeness (QED) is 0.748. The molecular weight excluding hydrogens is 354 g/mol. The van der Waals surface area contributed by atoms with Crippen LogP contribution < -0.4 is 5.56 Å². The minimum Gasteiger partial charge on any atom is -0.331 e. The van der Waals surface area contributed by atoms with Crippen LogP contribution in [0.5, 0.6) is 0 Å². The Bertz CT molecular complexity index is 1020. The summed E-state index contributed by atoms with van der Waals surface area (Å²) in [6.45, 7) is 0.687. The molecule has 0 bridgehead atoms. The van der Waals surface area contributed by atoms with Crippen LogP contribution in [0.2, 0.25) is 5.02 Å². The highest BCUT2D eigenvalue weighted by molar-refractivity contribution is 6.30. The summed E-state index contributed by atoms with van der Waals surface area (Å²) in [4.78, 5) is 42.3. The van der Waals surface area contributed by atoms with Gasteiger partial charge in [0.15, 0.2) is 5.82 Å². The van der Waals surface area contributed by atoms with E-state index in [1.54, 1.807) is 35.4 Å². The molecule has 3 aromatic heterocycles. The highest BCUT2D eigenvalue weighted by atomic mass is 35.5. The van der Waals surface area contributed by atoms with E-state index in [2.05, 4.69) is 19.9 Å². The van der Waals surface area contributed by atoms with Crippen molar-refractivity contribution in [1.29, 1.82) is 0 Å². The first kappa shape index (κ1) is 16.4. The number of rotatable bonds is 2. The average molecular weight is 368 g/mol. The summed E-state index contributed by atoms with van der Waals surface area (Å²) in [5, 5.41) is 0.471. The molecule has 1 amide bonds. The lowest BCUT2D eigenvalue weighted by molar-refractivity contribution is 0.0725. The molecule has 3 aromatic rings. The number of hydrogen-bond acceptors (Lipinski definition) is 5. The molecule has 4 rings (SSSR count). The standard InChI is InChI=1S/C18H14ClN5O2/c19-11-4-5-14(21-9-11)18(26)24-8-6-12-15(10-24)22-16(23-17(12)25)13-3-1-2-7-20-13/h1-5,7,9H,6,8,10H2,(H,22,23,25). The first-order valence-corrected chi connectivity index (χ1v) is 8.44. The van der Waals surface area contributed by atoms with Crippen molar-refractivity contribution in [3.05, 3.63) is 75.1 Å². The molecule has 0 saturated heterocycles. The molecule has 0 aromatic carbocycles. The van der Waals surface area contributed by atoms with Crippen molar-refractivity contribution in [3.63, 3.8) is 0 Å². The van der Waals surface area contributed by atoms with E-state index in [9.17, 15) is 9.59 Å². The van der Waals surface area contributed by atoms with E-state index in [4.69, 9.17) is 11.6 Å². The van der Waals surface area contributed by atoms with Crippen molar-refractivity contribution in [2.24, 2.45) is 0 Å². The van der Waals surface area contributed by atoms with Gasteiger partial charge in [0.25, 0.3) is 11.5 Å². The van der Waals surface area contributed by atoms with Gasteiger partial charge in [0, 0.05) is 24.5 Å². The number of fused-ring (bicyclic) bond motifs is 1. The zero-order valence-electron chi connectivity index (χ0n) is 13.6. The van der Waals surface area contributed by atoms with Gasteiger partial charge < -0.3 is 9.88 Å². The second-order valence-electron chi connectivity index (χ2n) is 5.89. The van der Waals surface area contributed by atoms with E-state index in [0.717, 1.165) is 0 Å². The van der Waals surface area contributed by atoms with Gasteiger partial charge in [0.2, 0.25) is 0 Å². The van der Waals surface area contributed by atoms with Crippen LogP contribution in [0.1, 0.15) is 21.7 Å². The normalized spacial score (nSPS) is 13.3. The topological polar surface area (TPSA) is 91.8 Å². The number of H-pyrrole nitrogens is 1. The molecule has 1 aliphatic rings. The molecule has 1 aliphatic heterocycles. The third-order valence-electron chi connectivity index (χ3n) is 4.21. The molecular formula is C18H14ClN5O2. The third-order valence-corrected chi connectivity index (χ3v) is 4.44. The second-order valence-corrected chi connectivity index (χ2v) is 6.33. The third kappa shape index (κ3) is 3.09.